The van der Waals surface area contributed by atoms with E-state index in [1.54, 1.807) is 23.1 Å². The van der Waals surface area contributed by atoms with Crippen LogP contribution in [0.1, 0.15) is 37.3 Å². The molecule has 2 atom stereocenters. The Balaban J connectivity index is 2.05. The monoisotopic (exact) mass is 275 g/mol. The molecular weight excluding hydrogens is 258 g/mol. The third-order valence-electron chi connectivity index (χ3n) is 4.08. The molecule has 106 valence electrons. The van der Waals surface area contributed by atoms with Crippen molar-refractivity contribution in [2.45, 2.75) is 43.8 Å². The maximum atomic E-state index is 12.2. The lowest BCUT2D eigenvalue weighted by molar-refractivity contribution is -0.386. The van der Waals surface area contributed by atoms with Gasteiger partial charge in [-0.05, 0) is 19.3 Å². The van der Waals surface area contributed by atoms with E-state index >= 15 is 0 Å². The average molecular weight is 275 g/mol. The molecule has 2 unspecified atom stereocenters. The fraction of sp³-hybridized carbons (Fsp3) is 0.500. The Hall–Kier alpha value is -1.95. The zero-order chi connectivity index (χ0) is 14.3. The van der Waals surface area contributed by atoms with Crippen molar-refractivity contribution in [1.29, 1.82) is 0 Å². The minimum atomic E-state index is -0.397. The molecule has 2 fully saturated rings. The second kappa shape index (κ2) is 4.86. The van der Waals surface area contributed by atoms with Gasteiger partial charge in [0.05, 0.1) is 16.5 Å². The van der Waals surface area contributed by atoms with Crippen molar-refractivity contribution in [2.24, 2.45) is 5.73 Å². The molecule has 1 heterocycles. The molecule has 20 heavy (non-hydrogen) atoms. The van der Waals surface area contributed by atoms with Gasteiger partial charge in [0.1, 0.15) is 0 Å². The topological polar surface area (TPSA) is 89.5 Å². The van der Waals surface area contributed by atoms with E-state index < -0.39 is 4.92 Å². The number of carbonyl (C=O) groups is 1. The van der Waals surface area contributed by atoms with Crippen molar-refractivity contribution < 1.29 is 9.72 Å². The van der Waals surface area contributed by atoms with Gasteiger partial charge in [0.25, 0.3) is 5.69 Å². The first-order chi connectivity index (χ1) is 9.59. The summed E-state index contributed by atoms with van der Waals surface area (Å²) in [7, 11) is 0. The third kappa shape index (κ3) is 2.16. The van der Waals surface area contributed by atoms with Crippen LogP contribution in [0.2, 0.25) is 0 Å². The van der Waals surface area contributed by atoms with Gasteiger partial charge in [0.2, 0.25) is 5.91 Å². The highest BCUT2D eigenvalue weighted by atomic mass is 16.6. The second-order valence-corrected chi connectivity index (χ2v) is 5.50. The summed E-state index contributed by atoms with van der Waals surface area (Å²) in [4.78, 5) is 24.8. The number of piperidine rings is 1. The normalized spacial score (nSPS) is 26.6. The van der Waals surface area contributed by atoms with Crippen LogP contribution in [0.4, 0.5) is 5.69 Å². The largest absolute Gasteiger partial charge is 0.331 e. The third-order valence-corrected chi connectivity index (χ3v) is 4.08. The van der Waals surface area contributed by atoms with Crippen molar-refractivity contribution in [3.8, 4) is 0 Å². The Morgan fingerprint density at radius 1 is 1.25 bits per heavy atom. The molecule has 6 heteroatoms. The minimum absolute atomic E-state index is 0.0494. The Bertz CT molecular complexity index is 556. The van der Waals surface area contributed by atoms with Crippen molar-refractivity contribution in [3.63, 3.8) is 0 Å². The van der Waals surface area contributed by atoms with Gasteiger partial charge in [0, 0.05) is 24.6 Å². The molecule has 1 aromatic carbocycles. The summed E-state index contributed by atoms with van der Waals surface area (Å²) < 4.78 is 0. The van der Waals surface area contributed by atoms with Crippen LogP contribution in [0.3, 0.4) is 0 Å². The van der Waals surface area contributed by atoms with Gasteiger partial charge in [-0.2, -0.15) is 0 Å². The van der Waals surface area contributed by atoms with E-state index in [2.05, 4.69) is 0 Å². The van der Waals surface area contributed by atoms with Gasteiger partial charge in [-0.1, -0.05) is 18.2 Å². The number of benzene rings is 1. The summed E-state index contributed by atoms with van der Waals surface area (Å²) in [6, 6.07) is 6.19. The van der Waals surface area contributed by atoms with Crippen LogP contribution >= 0.6 is 0 Å². The second-order valence-electron chi connectivity index (χ2n) is 5.50. The number of likely N-dealkylation sites (tertiary alicyclic amines) is 1. The lowest BCUT2D eigenvalue weighted by Gasteiger charge is -2.40. The van der Waals surface area contributed by atoms with Crippen LogP contribution in [0, 0.1) is 10.1 Å². The van der Waals surface area contributed by atoms with Crippen molar-refractivity contribution in [1.82, 2.24) is 4.90 Å². The Morgan fingerprint density at radius 3 is 2.60 bits per heavy atom. The highest BCUT2D eigenvalue weighted by Gasteiger charge is 2.44. The molecule has 6 nitrogen and oxygen atoms in total. The van der Waals surface area contributed by atoms with Gasteiger partial charge in [-0.25, -0.2) is 0 Å². The van der Waals surface area contributed by atoms with E-state index in [0.717, 1.165) is 12.8 Å². The molecule has 2 N–H and O–H groups in total. The average Bonchev–Trinajstić information content (AvgIpc) is 3.25. The summed E-state index contributed by atoms with van der Waals surface area (Å²) in [5, 5.41) is 11.2. The van der Waals surface area contributed by atoms with E-state index in [-0.39, 0.29) is 29.7 Å². The van der Waals surface area contributed by atoms with E-state index in [0.29, 0.717) is 18.4 Å². The molecule has 1 aromatic rings. The lowest BCUT2D eigenvalue weighted by atomic mass is 9.89. The SMILES string of the molecule is NC1CCC(=O)N(C2CC2)C1c1ccccc1[N+](=O)[O-]. The first kappa shape index (κ1) is 13.1. The van der Waals surface area contributed by atoms with Crippen molar-refractivity contribution in [3.05, 3.63) is 39.9 Å². The van der Waals surface area contributed by atoms with E-state index in [9.17, 15) is 14.9 Å². The summed E-state index contributed by atoms with van der Waals surface area (Å²) in [6.07, 6.45) is 2.96. The molecule has 1 saturated carbocycles. The van der Waals surface area contributed by atoms with Gasteiger partial charge in [-0.3, -0.25) is 14.9 Å². The summed E-state index contributed by atoms with van der Waals surface area (Å²) in [5.41, 5.74) is 6.79. The van der Waals surface area contributed by atoms with Crippen LogP contribution in [-0.4, -0.2) is 27.8 Å². The predicted molar refractivity (Wildman–Crippen MR) is 72.9 cm³/mol. The molecule has 1 aliphatic heterocycles. The van der Waals surface area contributed by atoms with Crippen LogP contribution in [0.5, 0.6) is 0 Å². The number of hydrogen-bond donors (Lipinski definition) is 1. The maximum absolute atomic E-state index is 12.2. The highest BCUT2D eigenvalue weighted by Crippen LogP contribution is 2.42. The van der Waals surface area contributed by atoms with Crippen LogP contribution in [0.25, 0.3) is 0 Å². The van der Waals surface area contributed by atoms with E-state index in [4.69, 9.17) is 5.73 Å². The molecule has 1 aliphatic carbocycles. The summed E-state index contributed by atoms with van der Waals surface area (Å²) in [5.74, 6) is 0.0670. The van der Waals surface area contributed by atoms with Crippen molar-refractivity contribution in [2.75, 3.05) is 0 Å². The number of nitro benzene ring substituents is 1. The van der Waals surface area contributed by atoms with Gasteiger partial charge >= 0.3 is 0 Å². The van der Waals surface area contributed by atoms with E-state index in [1.165, 1.54) is 6.07 Å². The molecule has 3 rings (SSSR count). The Labute approximate surface area is 116 Å². The van der Waals surface area contributed by atoms with Crippen LogP contribution in [-0.2, 0) is 4.79 Å². The quantitative estimate of drug-likeness (QED) is 0.672. The number of hydrogen-bond acceptors (Lipinski definition) is 4. The Morgan fingerprint density at radius 2 is 1.95 bits per heavy atom. The summed E-state index contributed by atoms with van der Waals surface area (Å²) in [6.45, 7) is 0. The molecule has 1 saturated heterocycles. The highest BCUT2D eigenvalue weighted by molar-refractivity contribution is 5.79. The van der Waals surface area contributed by atoms with E-state index in [1.807, 2.05) is 0 Å². The zero-order valence-corrected chi connectivity index (χ0v) is 11.1. The molecular formula is C14H17N3O3. The Kier molecular flexibility index (Phi) is 3.17. The molecule has 0 bridgehead atoms. The van der Waals surface area contributed by atoms with Gasteiger partial charge in [-0.15, -0.1) is 0 Å². The lowest BCUT2D eigenvalue weighted by Crippen LogP contribution is -2.49. The van der Waals surface area contributed by atoms with Crippen molar-refractivity contribution >= 4 is 11.6 Å². The molecule has 1 amide bonds. The predicted octanol–water partition coefficient (Wildman–Crippen LogP) is 1.75. The first-order valence-corrected chi connectivity index (χ1v) is 6.89. The van der Waals surface area contributed by atoms with Gasteiger partial charge in [0.15, 0.2) is 0 Å². The van der Waals surface area contributed by atoms with Crippen LogP contribution in [0.15, 0.2) is 24.3 Å². The number of amides is 1. The number of nitro groups is 1. The molecule has 0 spiro atoms. The fourth-order valence-corrected chi connectivity index (χ4v) is 3.01. The molecule has 2 aliphatic rings. The fourth-order valence-electron chi connectivity index (χ4n) is 3.01. The minimum Gasteiger partial charge on any atom is -0.331 e. The number of rotatable bonds is 3. The number of carbonyl (C=O) groups excluding carboxylic acids is 1. The number of nitrogens with zero attached hydrogens (tertiary/aromatic N) is 2. The molecule has 0 aromatic heterocycles. The van der Waals surface area contributed by atoms with Gasteiger partial charge < -0.3 is 10.6 Å². The van der Waals surface area contributed by atoms with Crippen LogP contribution < -0.4 is 5.73 Å². The zero-order valence-electron chi connectivity index (χ0n) is 11.1. The summed E-state index contributed by atoms with van der Waals surface area (Å²) >= 11 is 0. The number of nitrogens with two attached hydrogens (primary N) is 1. The standard InChI is InChI=1S/C14H17N3O3/c15-11-7-8-13(18)16(9-5-6-9)14(11)10-3-1-2-4-12(10)17(19)20/h1-4,9,11,14H,5-8,15H2. The maximum Gasteiger partial charge on any atom is 0.274 e. The smallest absolute Gasteiger partial charge is 0.274 e. The molecule has 0 radical (unpaired) electrons. The first-order valence-electron chi connectivity index (χ1n) is 6.89. The number of para-hydroxylation sites is 1.